The number of rotatable bonds is 5. The molecular formula is C16H21N3S. The lowest BCUT2D eigenvalue weighted by molar-refractivity contribution is 0.536. The largest absolute Gasteiger partial charge is 0.380 e. The summed E-state index contributed by atoms with van der Waals surface area (Å²) in [5.74, 6) is 0. The minimum atomic E-state index is 0.325. The van der Waals surface area contributed by atoms with E-state index in [2.05, 4.69) is 53.7 Å². The summed E-state index contributed by atoms with van der Waals surface area (Å²) in [5, 5.41) is 8.37. The molecule has 0 bridgehead atoms. The highest BCUT2D eigenvalue weighted by Gasteiger charge is 2.20. The SMILES string of the molecule is CCc1cnc(C(C)NCC2Cc3ccccc3N2)s1. The van der Waals surface area contributed by atoms with Gasteiger partial charge in [0.25, 0.3) is 0 Å². The zero-order chi connectivity index (χ0) is 13.9. The van der Waals surface area contributed by atoms with Crippen molar-refractivity contribution in [3.05, 3.63) is 45.9 Å². The Morgan fingerprint density at radius 2 is 2.30 bits per heavy atom. The van der Waals surface area contributed by atoms with E-state index < -0.39 is 0 Å². The molecule has 2 aromatic rings. The summed E-state index contributed by atoms with van der Waals surface area (Å²) in [7, 11) is 0. The minimum absolute atomic E-state index is 0.325. The standard InChI is InChI=1S/C16H21N3S/c1-3-14-10-18-16(20-14)11(2)17-9-13-8-12-6-4-5-7-15(12)19-13/h4-7,10-11,13,17,19H,3,8-9H2,1-2H3. The van der Waals surface area contributed by atoms with Crippen molar-refractivity contribution >= 4 is 17.0 Å². The molecule has 1 aliphatic rings. The van der Waals surface area contributed by atoms with Crippen LogP contribution in [-0.2, 0) is 12.8 Å². The van der Waals surface area contributed by atoms with Crippen molar-refractivity contribution in [2.24, 2.45) is 0 Å². The monoisotopic (exact) mass is 287 g/mol. The number of para-hydroxylation sites is 1. The first kappa shape index (κ1) is 13.6. The van der Waals surface area contributed by atoms with Gasteiger partial charge in [-0.15, -0.1) is 11.3 Å². The Morgan fingerprint density at radius 1 is 1.45 bits per heavy atom. The fourth-order valence-electron chi connectivity index (χ4n) is 2.59. The fraction of sp³-hybridized carbons (Fsp3) is 0.438. The number of benzene rings is 1. The van der Waals surface area contributed by atoms with Gasteiger partial charge in [0.1, 0.15) is 5.01 Å². The van der Waals surface area contributed by atoms with Crippen molar-refractivity contribution in [3.8, 4) is 0 Å². The Morgan fingerprint density at radius 3 is 3.05 bits per heavy atom. The average molecular weight is 287 g/mol. The van der Waals surface area contributed by atoms with Gasteiger partial charge in [0, 0.05) is 29.3 Å². The van der Waals surface area contributed by atoms with Crippen LogP contribution in [0.4, 0.5) is 5.69 Å². The zero-order valence-electron chi connectivity index (χ0n) is 12.0. The maximum atomic E-state index is 4.51. The molecule has 1 aliphatic heterocycles. The van der Waals surface area contributed by atoms with Crippen molar-refractivity contribution in [1.82, 2.24) is 10.3 Å². The van der Waals surface area contributed by atoms with Gasteiger partial charge >= 0.3 is 0 Å². The summed E-state index contributed by atoms with van der Waals surface area (Å²) < 4.78 is 0. The number of aromatic nitrogens is 1. The third-order valence-electron chi connectivity index (χ3n) is 3.80. The fourth-order valence-corrected chi connectivity index (χ4v) is 3.48. The molecule has 4 heteroatoms. The predicted octanol–water partition coefficient (Wildman–Crippen LogP) is 3.39. The molecule has 3 rings (SSSR count). The normalized spacial score (nSPS) is 18.6. The second-order valence-corrected chi connectivity index (χ2v) is 6.50. The predicted molar refractivity (Wildman–Crippen MR) is 85.5 cm³/mol. The number of aryl methyl sites for hydroxylation is 1. The van der Waals surface area contributed by atoms with Crippen LogP contribution in [0.15, 0.2) is 30.5 Å². The highest BCUT2D eigenvalue weighted by Crippen LogP contribution is 2.25. The molecule has 2 unspecified atom stereocenters. The maximum Gasteiger partial charge on any atom is 0.109 e. The van der Waals surface area contributed by atoms with Crippen molar-refractivity contribution < 1.29 is 0 Å². The molecule has 0 aliphatic carbocycles. The van der Waals surface area contributed by atoms with E-state index in [0.29, 0.717) is 12.1 Å². The number of thiazole rings is 1. The number of nitrogens with zero attached hydrogens (tertiary/aromatic N) is 1. The second-order valence-electron chi connectivity index (χ2n) is 5.35. The maximum absolute atomic E-state index is 4.51. The van der Waals surface area contributed by atoms with Gasteiger partial charge in [-0.3, -0.25) is 0 Å². The number of hydrogen-bond acceptors (Lipinski definition) is 4. The Hall–Kier alpha value is -1.39. The molecule has 1 aromatic carbocycles. The lowest BCUT2D eigenvalue weighted by Crippen LogP contribution is -2.32. The zero-order valence-corrected chi connectivity index (χ0v) is 12.8. The van der Waals surface area contributed by atoms with Crippen LogP contribution in [0.25, 0.3) is 0 Å². The first-order valence-corrected chi connectivity index (χ1v) is 8.10. The Balaban J connectivity index is 1.53. The summed E-state index contributed by atoms with van der Waals surface area (Å²) >= 11 is 1.82. The van der Waals surface area contributed by atoms with E-state index in [1.54, 1.807) is 0 Å². The van der Waals surface area contributed by atoms with Gasteiger partial charge in [-0.1, -0.05) is 25.1 Å². The molecular weight excluding hydrogens is 266 g/mol. The van der Waals surface area contributed by atoms with Crippen LogP contribution >= 0.6 is 11.3 Å². The van der Waals surface area contributed by atoms with E-state index in [-0.39, 0.29) is 0 Å². The Labute approximate surface area is 124 Å². The van der Waals surface area contributed by atoms with E-state index >= 15 is 0 Å². The number of hydrogen-bond donors (Lipinski definition) is 2. The third kappa shape index (κ3) is 2.86. The minimum Gasteiger partial charge on any atom is -0.380 e. The van der Waals surface area contributed by atoms with Crippen molar-refractivity contribution in [3.63, 3.8) is 0 Å². The molecule has 0 saturated carbocycles. The molecule has 2 heterocycles. The molecule has 0 fully saturated rings. The Bertz CT molecular complexity index is 554. The van der Waals surface area contributed by atoms with E-state index in [1.165, 1.54) is 21.1 Å². The summed E-state index contributed by atoms with van der Waals surface area (Å²) in [6.45, 7) is 5.34. The highest BCUT2D eigenvalue weighted by atomic mass is 32.1. The Kier molecular flexibility index (Phi) is 4.03. The van der Waals surface area contributed by atoms with E-state index in [9.17, 15) is 0 Å². The van der Waals surface area contributed by atoms with Gasteiger partial charge in [0.05, 0.1) is 6.04 Å². The molecule has 2 N–H and O–H groups in total. The lowest BCUT2D eigenvalue weighted by atomic mass is 10.1. The van der Waals surface area contributed by atoms with Crippen LogP contribution in [0, 0.1) is 0 Å². The van der Waals surface area contributed by atoms with E-state index in [4.69, 9.17) is 0 Å². The topological polar surface area (TPSA) is 37.0 Å². The number of fused-ring (bicyclic) bond motifs is 1. The molecule has 3 nitrogen and oxygen atoms in total. The van der Waals surface area contributed by atoms with Crippen molar-refractivity contribution in [1.29, 1.82) is 0 Å². The molecule has 0 amide bonds. The molecule has 0 saturated heterocycles. The molecule has 1 aromatic heterocycles. The van der Waals surface area contributed by atoms with Crippen LogP contribution in [0.1, 0.15) is 35.3 Å². The van der Waals surface area contributed by atoms with Gasteiger partial charge in [-0.2, -0.15) is 0 Å². The quantitative estimate of drug-likeness (QED) is 0.885. The first-order valence-electron chi connectivity index (χ1n) is 7.28. The molecule has 0 radical (unpaired) electrons. The summed E-state index contributed by atoms with van der Waals surface area (Å²) in [5.41, 5.74) is 2.71. The van der Waals surface area contributed by atoms with E-state index in [1.807, 2.05) is 17.5 Å². The molecule has 2 atom stereocenters. The summed E-state index contributed by atoms with van der Waals surface area (Å²) in [6, 6.07) is 9.38. The van der Waals surface area contributed by atoms with Gasteiger partial charge in [0.15, 0.2) is 0 Å². The molecule has 106 valence electrons. The van der Waals surface area contributed by atoms with Crippen LogP contribution in [0.3, 0.4) is 0 Å². The van der Waals surface area contributed by atoms with Gasteiger partial charge in [-0.25, -0.2) is 4.98 Å². The van der Waals surface area contributed by atoms with Crippen molar-refractivity contribution in [2.75, 3.05) is 11.9 Å². The number of anilines is 1. The number of nitrogens with one attached hydrogen (secondary N) is 2. The summed E-state index contributed by atoms with van der Waals surface area (Å²) in [6.07, 6.45) is 4.18. The molecule has 20 heavy (non-hydrogen) atoms. The highest BCUT2D eigenvalue weighted by molar-refractivity contribution is 7.11. The van der Waals surface area contributed by atoms with Crippen LogP contribution < -0.4 is 10.6 Å². The lowest BCUT2D eigenvalue weighted by Gasteiger charge is -2.16. The molecule has 0 spiro atoms. The van der Waals surface area contributed by atoms with E-state index in [0.717, 1.165) is 19.4 Å². The third-order valence-corrected chi connectivity index (χ3v) is 5.13. The van der Waals surface area contributed by atoms with Gasteiger partial charge in [0.2, 0.25) is 0 Å². The summed E-state index contributed by atoms with van der Waals surface area (Å²) in [4.78, 5) is 5.87. The van der Waals surface area contributed by atoms with Crippen LogP contribution in [0.5, 0.6) is 0 Å². The average Bonchev–Trinajstić information content (AvgIpc) is 3.10. The first-order chi connectivity index (χ1) is 9.76. The second kappa shape index (κ2) is 5.94. The van der Waals surface area contributed by atoms with Gasteiger partial charge < -0.3 is 10.6 Å². The smallest absolute Gasteiger partial charge is 0.109 e. The van der Waals surface area contributed by atoms with Crippen LogP contribution in [-0.4, -0.2) is 17.6 Å². The van der Waals surface area contributed by atoms with Gasteiger partial charge in [-0.05, 0) is 31.4 Å². The van der Waals surface area contributed by atoms with Crippen LogP contribution in [0.2, 0.25) is 0 Å². The van der Waals surface area contributed by atoms with Crippen molar-refractivity contribution in [2.45, 2.75) is 38.8 Å².